The molecule has 0 radical (unpaired) electrons. The highest BCUT2D eigenvalue weighted by Crippen LogP contribution is 2.33. The molecule has 1 aromatic rings. The third-order valence-corrected chi connectivity index (χ3v) is 3.68. The number of hydrogen-bond acceptors (Lipinski definition) is 2. The highest BCUT2D eigenvalue weighted by atomic mass is 32.2. The molecule has 0 saturated heterocycles. The van der Waals surface area contributed by atoms with Crippen molar-refractivity contribution in [2.75, 3.05) is 12.3 Å². The third-order valence-electron chi connectivity index (χ3n) is 2.40. The first-order valence-electron chi connectivity index (χ1n) is 5.03. The fourth-order valence-electron chi connectivity index (χ4n) is 1.74. The van der Waals surface area contributed by atoms with Crippen LogP contribution in [0, 0.1) is 0 Å². The standard InChI is InChI=1S/C12H15NS/c13-8-2-6-10-4-1-5-11-7-3-9-14-12(10)11/h1-2,4-6H,3,7-9,13H2/b6-2+. The van der Waals surface area contributed by atoms with E-state index in [2.05, 4.69) is 24.3 Å². The summed E-state index contributed by atoms with van der Waals surface area (Å²) in [5, 5.41) is 0. The largest absolute Gasteiger partial charge is 0.327 e. The van der Waals surface area contributed by atoms with Gasteiger partial charge in [0.2, 0.25) is 0 Å². The molecule has 1 aliphatic heterocycles. The van der Waals surface area contributed by atoms with Gasteiger partial charge in [-0.2, -0.15) is 0 Å². The second kappa shape index (κ2) is 4.67. The Labute approximate surface area is 89.4 Å². The van der Waals surface area contributed by atoms with Gasteiger partial charge in [0.05, 0.1) is 0 Å². The molecule has 0 unspecified atom stereocenters. The average Bonchev–Trinajstić information content (AvgIpc) is 2.26. The van der Waals surface area contributed by atoms with Crippen molar-refractivity contribution < 1.29 is 0 Å². The predicted octanol–water partition coefficient (Wildman–Crippen LogP) is 2.70. The lowest BCUT2D eigenvalue weighted by Gasteiger charge is -2.16. The summed E-state index contributed by atoms with van der Waals surface area (Å²) in [7, 11) is 0. The molecule has 2 N–H and O–H groups in total. The van der Waals surface area contributed by atoms with Crippen LogP contribution in [0.4, 0.5) is 0 Å². The van der Waals surface area contributed by atoms with Gasteiger partial charge in [0.25, 0.3) is 0 Å². The first kappa shape index (κ1) is 9.81. The Kier molecular flexibility index (Phi) is 3.27. The minimum absolute atomic E-state index is 0.619. The highest BCUT2D eigenvalue weighted by Gasteiger charge is 2.11. The molecular weight excluding hydrogens is 190 g/mol. The number of aryl methyl sites for hydroxylation is 1. The fraction of sp³-hybridized carbons (Fsp3) is 0.333. The molecule has 1 nitrogen and oxygen atoms in total. The van der Waals surface area contributed by atoms with Crippen LogP contribution in [0.2, 0.25) is 0 Å². The van der Waals surface area contributed by atoms with E-state index in [1.165, 1.54) is 34.6 Å². The number of rotatable bonds is 2. The van der Waals surface area contributed by atoms with E-state index in [9.17, 15) is 0 Å². The first-order valence-corrected chi connectivity index (χ1v) is 6.01. The summed E-state index contributed by atoms with van der Waals surface area (Å²) in [6.07, 6.45) is 6.69. The van der Waals surface area contributed by atoms with Gasteiger partial charge >= 0.3 is 0 Å². The number of fused-ring (bicyclic) bond motifs is 1. The molecule has 2 heteroatoms. The molecule has 0 fully saturated rings. The minimum Gasteiger partial charge on any atom is -0.327 e. The molecule has 0 atom stereocenters. The van der Waals surface area contributed by atoms with Gasteiger partial charge in [-0.15, -0.1) is 11.8 Å². The Morgan fingerprint density at radius 2 is 2.36 bits per heavy atom. The zero-order chi connectivity index (χ0) is 9.80. The Hall–Kier alpha value is -0.730. The van der Waals surface area contributed by atoms with Crippen molar-refractivity contribution in [2.45, 2.75) is 17.7 Å². The van der Waals surface area contributed by atoms with E-state index < -0.39 is 0 Å². The van der Waals surface area contributed by atoms with Gasteiger partial charge in [-0.3, -0.25) is 0 Å². The number of benzene rings is 1. The van der Waals surface area contributed by atoms with Gasteiger partial charge in [-0.1, -0.05) is 30.4 Å². The summed E-state index contributed by atoms with van der Waals surface area (Å²) >= 11 is 1.97. The van der Waals surface area contributed by atoms with Crippen molar-refractivity contribution in [1.29, 1.82) is 0 Å². The zero-order valence-electron chi connectivity index (χ0n) is 8.20. The predicted molar refractivity (Wildman–Crippen MR) is 63.6 cm³/mol. The molecule has 0 aliphatic carbocycles. The van der Waals surface area contributed by atoms with Crippen LogP contribution < -0.4 is 5.73 Å². The number of hydrogen-bond donors (Lipinski definition) is 1. The maximum Gasteiger partial charge on any atom is 0.0176 e. The van der Waals surface area contributed by atoms with Crippen LogP contribution in [0.1, 0.15) is 17.5 Å². The van der Waals surface area contributed by atoms with Gasteiger partial charge < -0.3 is 5.73 Å². The summed E-state index contributed by atoms with van der Waals surface area (Å²) in [5.41, 5.74) is 8.29. The van der Waals surface area contributed by atoms with E-state index in [0.717, 1.165) is 0 Å². The van der Waals surface area contributed by atoms with Crippen LogP contribution in [0.3, 0.4) is 0 Å². The summed E-state index contributed by atoms with van der Waals surface area (Å²) in [6, 6.07) is 6.55. The number of thioether (sulfide) groups is 1. The highest BCUT2D eigenvalue weighted by molar-refractivity contribution is 7.99. The van der Waals surface area contributed by atoms with Crippen LogP contribution in [0.15, 0.2) is 29.2 Å². The van der Waals surface area contributed by atoms with Gasteiger partial charge in [0.15, 0.2) is 0 Å². The van der Waals surface area contributed by atoms with E-state index in [4.69, 9.17) is 5.73 Å². The molecule has 0 saturated carbocycles. The second-order valence-electron chi connectivity index (χ2n) is 3.43. The monoisotopic (exact) mass is 205 g/mol. The van der Waals surface area contributed by atoms with Crippen LogP contribution in [-0.2, 0) is 6.42 Å². The van der Waals surface area contributed by atoms with Crippen LogP contribution >= 0.6 is 11.8 Å². The zero-order valence-corrected chi connectivity index (χ0v) is 9.02. The molecule has 0 bridgehead atoms. The molecule has 0 spiro atoms. The van der Waals surface area contributed by atoms with Gasteiger partial charge in [0, 0.05) is 11.4 Å². The third kappa shape index (κ3) is 2.02. The summed E-state index contributed by atoms with van der Waals surface area (Å²) in [6.45, 7) is 0.619. The van der Waals surface area contributed by atoms with Gasteiger partial charge in [-0.25, -0.2) is 0 Å². The average molecular weight is 205 g/mol. The number of nitrogens with two attached hydrogens (primary N) is 1. The normalized spacial score (nSPS) is 15.8. The summed E-state index contributed by atoms with van der Waals surface area (Å²) in [4.78, 5) is 1.46. The molecular formula is C12H15NS. The van der Waals surface area contributed by atoms with Crippen LogP contribution in [0.25, 0.3) is 6.08 Å². The molecule has 1 aromatic carbocycles. The van der Waals surface area contributed by atoms with Crippen molar-refractivity contribution in [3.8, 4) is 0 Å². The Balaban J connectivity index is 2.35. The Morgan fingerprint density at radius 1 is 1.43 bits per heavy atom. The van der Waals surface area contributed by atoms with E-state index >= 15 is 0 Å². The molecule has 1 heterocycles. The molecule has 74 valence electrons. The van der Waals surface area contributed by atoms with E-state index in [-0.39, 0.29) is 0 Å². The molecule has 14 heavy (non-hydrogen) atoms. The first-order chi connectivity index (χ1) is 6.92. The van der Waals surface area contributed by atoms with Crippen molar-refractivity contribution in [2.24, 2.45) is 5.73 Å². The fourth-order valence-corrected chi connectivity index (χ4v) is 2.89. The van der Waals surface area contributed by atoms with Crippen molar-refractivity contribution in [3.63, 3.8) is 0 Å². The lowest BCUT2D eigenvalue weighted by atomic mass is 10.1. The maximum atomic E-state index is 5.46. The van der Waals surface area contributed by atoms with Crippen LogP contribution in [0.5, 0.6) is 0 Å². The maximum absolute atomic E-state index is 5.46. The molecule has 1 aliphatic rings. The molecule has 2 rings (SSSR count). The van der Waals surface area contributed by atoms with Gasteiger partial charge in [-0.05, 0) is 29.7 Å². The molecule has 0 amide bonds. The summed E-state index contributed by atoms with van der Waals surface area (Å²) < 4.78 is 0. The smallest absolute Gasteiger partial charge is 0.0176 e. The van der Waals surface area contributed by atoms with E-state index in [1.54, 1.807) is 0 Å². The van der Waals surface area contributed by atoms with Crippen LogP contribution in [-0.4, -0.2) is 12.3 Å². The SMILES string of the molecule is NC/C=C/c1cccc2c1SCCC2. The summed E-state index contributed by atoms with van der Waals surface area (Å²) in [5.74, 6) is 1.25. The van der Waals surface area contributed by atoms with E-state index in [1.807, 2.05) is 17.8 Å². The minimum atomic E-state index is 0.619. The van der Waals surface area contributed by atoms with Crippen molar-refractivity contribution in [1.82, 2.24) is 0 Å². The molecule has 0 aromatic heterocycles. The quantitative estimate of drug-likeness (QED) is 0.803. The Bertz CT molecular complexity index is 344. The van der Waals surface area contributed by atoms with Gasteiger partial charge in [0.1, 0.15) is 0 Å². The second-order valence-corrected chi connectivity index (χ2v) is 4.53. The Morgan fingerprint density at radius 3 is 3.21 bits per heavy atom. The lowest BCUT2D eigenvalue weighted by molar-refractivity contribution is 0.888. The lowest BCUT2D eigenvalue weighted by Crippen LogP contribution is -2.00. The van der Waals surface area contributed by atoms with Crippen molar-refractivity contribution in [3.05, 3.63) is 35.4 Å². The van der Waals surface area contributed by atoms with Crippen molar-refractivity contribution >= 4 is 17.8 Å². The van der Waals surface area contributed by atoms with E-state index in [0.29, 0.717) is 6.54 Å². The topological polar surface area (TPSA) is 26.0 Å².